The molecule has 0 fully saturated rings. The molecule has 4 heterocycles. The zero-order valence-electron chi connectivity index (χ0n) is 63.0. The van der Waals surface area contributed by atoms with E-state index in [2.05, 4.69) is 369 Å². The van der Waals surface area contributed by atoms with E-state index in [-0.39, 0.29) is 38.4 Å². The van der Waals surface area contributed by atoms with Gasteiger partial charge in [0.2, 0.25) is 0 Å². The maximum absolute atomic E-state index is 7.15. The molecule has 12 aromatic carbocycles. The van der Waals surface area contributed by atoms with Crippen LogP contribution in [0, 0.1) is 0 Å². The number of hydrogen-bond acceptors (Lipinski definition) is 2. The normalized spacial score (nSPS) is 14.4. The van der Waals surface area contributed by atoms with Crippen molar-refractivity contribution in [3.05, 3.63) is 292 Å². The van der Waals surface area contributed by atoms with Gasteiger partial charge in [-0.15, -0.1) is 0 Å². The maximum Gasteiger partial charge on any atom is 0.136 e. The van der Waals surface area contributed by atoms with Crippen molar-refractivity contribution in [2.75, 3.05) is 4.90 Å². The Kier molecular flexibility index (Phi) is 14.5. The molecular weight excluding hydrogens is 1240 g/mol. The Morgan fingerprint density at radius 3 is 1.29 bits per heavy atom. The first-order valence-electron chi connectivity index (χ1n) is 37.0. The second-order valence-corrected chi connectivity index (χ2v) is 35.9. The van der Waals surface area contributed by atoms with Crippen LogP contribution in [0.4, 0.5) is 17.1 Å². The minimum atomic E-state index is -0.150. The SMILES string of the molecule is CC(C)(C)c1cc(-c2ccc3c(c2)C2c4ccc(-n5c6ccc(C(C)(C)C)cc6c6cc(C(C)(C)C)ccc65)cc4N(c4c(-c5ccccc5)cc5oc6ccccc6c5c4-c4ccccc4)c4cc(-n5c6ccc(C(C)(C)C)cc6c6cc(C(C)(C)C)ccc65)cc(c42)C3)cc(C(C)(C)C)c1. The van der Waals surface area contributed by atoms with Crippen LogP contribution in [0.15, 0.2) is 235 Å². The van der Waals surface area contributed by atoms with Crippen LogP contribution in [0.1, 0.15) is 192 Å². The minimum absolute atomic E-state index is 0.0531. The van der Waals surface area contributed by atoms with Crippen molar-refractivity contribution < 1.29 is 4.42 Å². The minimum Gasteiger partial charge on any atom is -0.456 e. The summed E-state index contributed by atoms with van der Waals surface area (Å²) in [6, 6.07) is 90.0. The van der Waals surface area contributed by atoms with Gasteiger partial charge in [-0.3, -0.25) is 0 Å². The highest BCUT2D eigenvalue weighted by atomic mass is 16.3. The van der Waals surface area contributed by atoms with Crippen molar-refractivity contribution in [3.8, 4) is 44.8 Å². The number of nitrogens with zero attached hydrogens (tertiary/aromatic N) is 3. The lowest BCUT2D eigenvalue weighted by Crippen LogP contribution is -2.28. The van der Waals surface area contributed by atoms with Gasteiger partial charge in [0.1, 0.15) is 11.2 Å². The van der Waals surface area contributed by atoms with Crippen LogP contribution in [-0.2, 0) is 38.9 Å². The van der Waals surface area contributed by atoms with Gasteiger partial charge in [0.15, 0.2) is 0 Å². The molecule has 4 nitrogen and oxygen atoms in total. The van der Waals surface area contributed by atoms with Crippen LogP contribution in [0.3, 0.4) is 0 Å². The third-order valence-corrected chi connectivity index (χ3v) is 22.7. The molecule has 0 radical (unpaired) electrons. The second-order valence-electron chi connectivity index (χ2n) is 35.9. The van der Waals surface area contributed by atoms with E-state index in [1.54, 1.807) is 0 Å². The van der Waals surface area contributed by atoms with E-state index in [0.29, 0.717) is 0 Å². The van der Waals surface area contributed by atoms with Crippen molar-refractivity contribution in [2.24, 2.45) is 0 Å². The van der Waals surface area contributed by atoms with Gasteiger partial charge in [-0.2, -0.15) is 0 Å². The summed E-state index contributed by atoms with van der Waals surface area (Å²) in [5.41, 5.74) is 33.4. The topological polar surface area (TPSA) is 26.2 Å². The van der Waals surface area contributed by atoms with Crippen LogP contribution in [0.25, 0.3) is 110 Å². The summed E-state index contributed by atoms with van der Waals surface area (Å²) in [4.78, 5) is 2.74. The third kappa shape index (κ3) is 10.6. The highest BCUT2D eigenvalue weighted by Gasteiger charge is 2.42. The number of anilines is 3. The van der Waals surface area contributed by atoms with Crippen molar-refractivity contribution in [1.82, 2.24) is 9.13 Å². The number of furan rings is 1. The molecule has 508 valence electrons. The molecule has 15 aromatic rings. The lowest BCUT2D eigenvalue weighted by molar-refractivity contribution is 0.569. The van der Waals surface area contributed by atoms with E-state index in [1.807, 2.05) is 0 Å². The van der Waals surface area contributed by atoms with E-state index < -0.39 is 0 Å². The van der Waals surface area contributed by atoms with E-state index in [9.17, 15) is 0 Å². The Morgan fingerprint density at radius 1 is 0.314 bits per heavy atom. The number of hydrogen-bond donors (Lipinski definition) is 0. The average Bonchev–Trinajstić information content (AvgIpc) is 0.963. The van der Waals surface area contributed by atoms with Crippen molar-refractivity contribution >= 4 is 82.6 Å². The third-order valence-electron chi connectivity index (χ3n) is 22.7. The van der Waals surface area contributed by atoms with Gasteiger partial charge in [0.25, 0.3) is 0 Å². The fourth-order valence-electron chi connectivity index (χ4n) is 16.8. The molecule has 1 aliphatic carbocycles. The molecule has 4 heteroatoms. The first-order valence-corrected chi connectivity index (χ1v) is 37.0. The Bertz CT molecular complexity index is 5780. The molecule has 102 heavy (non-hydrogen) atoms. The molecule has 3 aromatic heterocycles. The molecule has 2 aliphatic rings. The standard InChI is InChI=1S/C98H95N3O/c1-93(2,3)64-35-41-80-76(51-64)77-52-65(94(4,5)6)36-42-81(77)99(80)70-39-40-72-84(55-70)101(92-75(58-27-21-19-22-28-58)57-87-91(73-31-25-26-32-86(73)102-87)89(92)59-29-23-20-24-30-59)85-56-71(100-82-43-37-66(95(7,8)9)53-78(82)79-54-67(96(10,11)12)38-44-83(79)100)48-63-45-61-34-33-60(49-74(61)90(72)88(63)85)62-46-68(97(13,14)15)50-69(47-62)98(16,17)18/h19-44,46-57,90H,45H2,1-18H3. The number of benzene rings is 12. The Balaban J connectivity index is 1.05. The van der Waals surface area contributed by atoms with E-state index in [1.165, 1.54) is 122 Å². The van der Waals surface area contributed by atoms with Crippen LogP contribution in [0.5, 0.6) is 0 Å². The summed E-state index contributed by atoms with van der Waals surface area (Å²) in [5.74, 6) is -0.150. The monoisotopic (exact) mass is 1330 g/mol. The zero-order valence-corrected chi connectivity index (χ0v) is 63.0. The Labute approximate surface area is 603 Å². The smallest absolute Gasteiger partial charge is 0.136 e. The average molecular weight is 1330 g/mol. The Hall–Kier alpha value is -10.2. The van der Waals surface area contributed by atoms with Crippen LogP contribution < -0.4 is 4.90 Å². The van der Waals surface area contributed by atoms with Gasteiger partial charge < -0.3 is 18.5 Å². The summed E-state index contributed by atoms with van der Waals surface area (Å²) < 4.78 is 12.3. The molecule has 0 saturated heterocycles. The Morgan fingerprint density at radius 2 is 0.784 bits per heavy atom. The van der Waals surface area contributed by atoms with E-state index in [4.69, 9.17) is 4.42 Å². The molecule has 1 atom stereocenters. The van der Waals surface area contributed by atoms with Gasteiger partial charge in [-0.25, -0.2) is 0 Å². The molecule has 0 saturated carbocycles. The fourth-order valence-corrected chi connectivity index (χ4v) is 16.8. The molecule has 17 rings (SSSR count). The van der Waals surface area contributed by atoms with Crippen LogP contribution in [0.2, 0.25) is 0 Å². The predicted molar refractivity (Wildman–Crippen MR) is 436 cm³/mol. The zero-order chi connectivity index (χ0) is 71.2. The predicted octanol–water partition coefficient (Wildman–Crippen LogP) is 27.4. The van der Waals surface area contributed by atoms with Gasteiger partial charge in [-0.1, -0.05) is 264 Å². The molecule has 0 spiro atoms. The maximum atomic E-state index is 7.15. The molecule has 0 bridgehead atoms. The molecule has 1 aliphatic heterocycles. The lowest BCUT2D eigenvalue weighted by Gasteiger charge is -2.43. The highest BCUT2D eigenvalue weighted by molar-refractivity contribution is 6.20. The first-order chi connectivity index (χ1) is 48.3. The molecule has 0 amide bonds. The summed E-state index contributed by atoms with van der Waals surface area (Å²) in [5, 5.41) is 7.25. The summed E-state index contributed by atoms with van der Waals surface area (Å²) in [6.07, 6.45) is 0.759. The summed E-state index contributed by atoms with van der Waals surface area (Å²) >= 11 is 0. The number of fused-ring (bicyclic) bond motifs is 13. The lowest BCUT2D eigenvalue weighted by atomic mass is 9.70. The largest absolute Gasteiger partial charge is 0.456 e. The van der Waals surface area contributed by atoms with Gasteiger partial charge in [-0.05, 0) is 213 Å². The number of aromatic nitrogens is 2. The van der Waals surface area contributed by atoms with Gasteiger partial charge in [0.05, 0.1) is 39.1 Å². The van der Waals surface area contributed by atoms with E-state index >= 15 is 0 Å². The van der Waals surface area contributed by atoms with Crippen molar-refractivity contribution in [3.63, 3.8) is 0 Å². The number of para-hydroxylation sites is 1. The van der Waals surface area contributed by atoms with Crippen LogP contribution >= 0.6 is 0 Å². The number of rotatable bonds is 6. The van der Waals surface area contributed by atoms with E-state index in [0.717, 1.165) is 73.4 Å². The van der Waals surface area contributed by atoms with Crippen molar-refractivity contribution in [2.45, 2.75) is 169 Å². The van der Waals surface area contributed by atoms with Crippen LogP contribution in [-0.4, -0.2) is 9.13 Å². The quantitative estimate of drug-likeness (QED) is 0.166. The van der Waals surface area contributed by atoms with Gasteiger partial charge >= 0.3 is 0 Å². The second kappa shape index (κ2) is 22.7. The highest BCUT2D eigenvalue weighted by Crippen LogP contribution is 2.61. The molecule has 1 unspecified atom stereocenters. The summed E-state index contributed by atoms with van der Waals surface area (Å²) in [6.45, 7) is 42.2. The molecule has 0 N–H and O–H groups in total. The molecular formula is C98H95N3O. The van der Waals surface area contributed by atoms with Gasteiger partial charge in [0, 0.05) is 60.7 Å². The first kappa shape index (κ1) is 65.2. The fraction of sp³-hybridized carbons (Fsp3) is 0.265. The summed E-state index contributed by atoms with van der Waals surface area (Å²) in [7, 11) is 0. The van der Waals surface area contributed by atoms with Crippen molar-refractivity contribution in [1.29, 1.82) is 0 Å².